The Balaban J connectivity index is 1.30. The van der Waals surface area contributed by atoms with Gasteiger partial charge in [-0.1, -0.05) is 24.3 Å². The van der Waals surface area contributed by atoms with Crippen molar-refractivity contribution in [3.63, 3.8) is 0 Å². The van der Waals surface area contributed by atoms with E-state index in [0.717, 1.165) is 24.2 Å². The van der Waals surface area contributed by atoms with Gasteiger partial charge in [0.1, 0.15) is 11.8 Å². The van der Waals surface area contributed by atoms with Gasteiger partial charge in [0.05, 0.1) is 16.6 Å². The van der Waals surface area contributed by atoms with Gasteiger partial charge in [-0.2, -0.15) is 9.57 Å². The van der Waals surface area contributed by atoms with Gasteiger partial charge in [-0.3, -0.25) is 4.79 Å². The third-order valence-electron chi connectivity index (χ3n) is 6.35. The summed E-state index contributed by atoms with van der Waals surface area (Å²) in [5.41, 5.74) is 1.20. The number of carbonyl (C=O) groups is 1. The minimum atomic E-state index is -3.77. The number of piperazine rings is 1. The van der Waals surface area contributed by atoms with Crippen LogP contribution < -0.4 is 4.74 Å². The highest BCUT2D eigenvalue weighted by molar-refractivity contribution is 7.89. The van der Waals surface area contributed by atoms with E-state index in [2.05, 4.69) is 0 Å². The Morgan fingerprint density at radius 2 is 1.76 bits per heavy atom. The normalized spacial score (nSPS) is 17.6. The maximum Gasteiger partial charge on any atom is 0.244 e. The lowest BCUT2D eigenvalue weighted by atomic mass is 10.1. The molecule has 2 aromatic carbocycles. The first-order valence-corrected chi connectivity index (χ1v) is 12.9. The Morgan fingerprint density at radius 3 is 2.48 bits per heavy atom. The zero-order chi connectivity index (χ0) is 23.3. The second-order valence-corrected chi connectivity index (χ2v) is 10.5. The summed E-state index contributed by atoms with van der Waals surface area (Å²) in [6.45, 7) is 1.13. The lowest BCUT2D eigenvalue weighted by molar-refractivity contribution is -0.132. The van der Waals surface area contributed by atoms with Crippen molar-refractivity contribution in [2.24, 2.45) is 0 Å². The third-order valence-corrected chi connectivity index (χ3v) is 8.30. The van der Waals surface area contributed by atoms with Crippen LogP contribution in [-0.2, 0) is 21.2 Å². The maximum atomic E-state index is 13.0. The number of carbonyl (C=O) groups excluding carboxylic acids is 1. The maximum absolute atomic E-state index is 13.0. The van der Waals surface area contributed by atoms with Crippen molar-refractivity contribution in [1.29, 1.82) is 5.26 Å². The van der Waals surface area contributed by atoms with Gasteiger partial charge in [0, 0.05) is 32.6 Å². The fourth-order valence-corrected chi connectivity index (χ4v) is 6.05. The molecule has 174 valence electrons. The Morgan fingerprint density at radius 1 is 1.03 bits per heavy atom. The van der Waals surface area contributed by atoms with E-state index in [1.54, 1.807) is 17.0 Å². The van der Waals surface area contributed by atoms with Gasteiger partial charge in [0.2, 0.25) is 15.9 Å². The molecule has 0 spiro atoms. The standard InChI is InChI=1S/C25H29N3O4S/c26-19-21-7-1-4-11-24(21)33(30,31)28-16-14-27(15-17-28)25(29)13-12-20-6-5-10-23(18-20)32-22-8-2-3-9-22/h1,4-7,10-11,18,22H,2-3,8-9,12-17H2. The molecule has 4 rings (SSSR count). The molecule has 1 saturated carbocycles. The molecule has 33 heavy (non-hydrogen) atoms. The summed E-state index contributed by atoms with van der Waals surface area (Å²) in [5, 5.41) is 9.24. The largest absolute Gasteiger partial charge is 0.490 e. The molecule has 1 aliphatic carbocycles. The summed E-state index contributed by atoms with van der Waals surface area (Å²) in [5.74, 6) is 0.884. The zero-order valence-corrected chi connectivity index (χ0v) is 19.5. The van der Waals surface area contributed by atoms with Gasteiger partial charge < -0.3 is 9.64 Å². The fraction of sp³-hybridized carbons (Fsp3) is 0.440. The predicted octanol–water partition coefficient (Wildman–Crippen LogP) is 3.35. The van der Waals surface area contributed by atoms with E-state index in [4.69, 9.17) is 4.74 Å². The van der Waals surface area contributed by atoms with Crippen molar-refractivity contribution < 1.29 is 17.9 Å². The molecule has 0 bridgehead atoms. The molecule has 2 aromatic rings. The summed E-state index contributed by atoms with van der Waals surface area (Å²) in [6.07, 6.45) is 5.94. The molecule has 7 nitrogen and oxygen atoms in total. The van der Waals surface area contributed by atoms with E-state index in [1.807, 2.05) is 30.3 Å². The summed E-state index contributed by atoms with van der Waals surface area (Å²) in [7, 11) is -3.77. The van der Waals surface area contributed by atoms with Crippen molar-refractivity contribution in [2.45, 2.75) is 49.5 Å². The second kappa shape index (κ2) is 10.4. The molecule has 2 aliphatic rings. The molecular formula is C25H29N3O4S. The number of ether oxygens (including phenoxy) is 1. The number of benzene rings is 2. The number of hydrogen-bond acceptors (Lipinski definition) is 5. The molecular weight excluding hydrogens is 438 g/mol. The summed E-state index contributed by atoms with van der Waals surface area (Å²) >= 11 is 0. The van der Waals surface area contributed by atoms with Gasteiger partial charge >= 0.3 is 0 Å². The topological polar surface area (TPSA) is 90.7 Å². The number of hydrogen-bond donors (Lipinski definition) is 0. The number of aryl methyl sites for hydroxylation is 1. The molecule has 0 aromatic heterocycles. The minimum Gasteiger partial charge on any atom is -0.490 e. The molecule has 1 aliphatic heterocycles. The average Bonchev–Trinajstić information content (AvgIpc) is 3.36. The predicted molar refractivity (Wildman–Crippen MR) is 124 cm³/mol. The smallest absolute Gasteiger partial charge is 0.244 e. The van der Waals surface area contributed by atoms with Crippen LogP contribution in [0.3, 0.4) is 0 Å². The molecule has 0 unspecified atom stereocenters. The van der Waals surface area contributed by atoms with Crippen LogP contribution in [0, 0.1) is 11.3 Å². The second-order valence-electron chi connectivity index (χ2n) is 8.56. The number of amides is 1. The average molecular weight is 468 g/mol. The number of nitriles is 1. The summed E-state index contributed by atoms with van der Waals surface area (Å²) in [4.78, 5) is 14.5. The van der Waals surface area contributed by atoms with Crippen molar-refractivity contribution in [3.8, 4) is 11.8 Å². The first-order chi connectivity index (χ1) is 16.0. The van der Waals surface area contributed by atoms with Crippen LogP contribution in [0.25, 0.3) is 0 Å². The van der Waals surface area contributed by atoms with Crippen molar-refractivity contribution in [1.82, 2.24) is 9.21 Å². The van der Waals surface area contributed by atoms with Crippen LogP contribution in [0.4, 0.5) is 0 Å². The molecule has 2 fully saturated rings. The highest BCUT2D eigenvalue weighted by atomic mass is 32.2. The van der Waals surface area contributed by atoms with Gasteiger partial charge in [0.25, 0.3) is 0 Å². The van der Waals surface area contributed by atoms with Crippen LogP contribution in [0.15, 0.2) is 53.4 Å². The highest BCUT2D eigenvalue weighted by Gasteiger charge is 2.31. The molecule has 0 radical (unpaired) electrons. The Hall–Kier alpha value is -2.89. The number of sulfonamides is 1. The van der Waals surface area contributed by atoms with E-state index >= 15 is 0 Å². The van der Waals surface area contributed by atoms with Crippen molar-refractivity contribution in [3.05, 3.63) is 59.7 Å². The van der Waals surface area contributed by atoms with Crippen LogP contribution in [0.2, 0.25) is 0 Å². The fourth-order valence-electron chi connectivity index (χ4n) is 4.48. The lowest BCUT2D eigenvalue weighted by Crippen LogP contribution is -2.50. The number of nitrogens with zero attached hydrogens (tertiary/aromatic N) is 3. The van der Waals surface area contributed by atoms with E-state index in [-0.39, 0.29) is 29.5 Å². The molecule has 8 heteroatoms. The van der Waals surface area contributed by atoms with Crippen LogP contribution in [0.1, 0.15) is 43.2 Å². The SMILES string of the molecule is N#Cc1ccccc1S(=O)(=O)N1CCN(C(=O)CCc2cccc(OC3CCCC3)c2)CC1. The molecule has 1 saturated heterocycles. The quantitative estimate of drug-likeness (QED) is 0.623. The van der Waals surface area contributed by atoms with E-state index in [0.29, 0.717) is 32.0 Å². The summed E-state index contributed by atoms with van der Waals surface area (Å²) in [6, 6.07) is 16.1. The van der Waals surface area contributed by atoms with Crippen LogP contribution in [0.5, 0.6) is 5.75 Å². The Bertz CT molecular complexity index is 1130. The van der Waals surface area contributed by atoms with E-state index < -0.39 is 10.0 Å². The van der Waals surface area contributed by atoms with Gasteiger partial charge in [0.15, 0.2) is 0 Å². The van der Waals surface area contributed by atoms with E-state index in [1.165, 1.54) is 29.3 Å². The molecule has 1 amide bonds. The van der Waals surface area contributed by atoms with Crippen molar-refractivity contribution in [2.75, 3.05) is 26.2 Å². The lowest BCUT2D eigenvalue weighted by Gasteiger charge is -2.34. The summed E-state index contributed by atoms with van der Waals surface area (Å²) < 4.78 is 33.4. The van der Waals surface area contributed by atoms with Crippen molar-refractivity contribution >= 4 is 15.9 Å². The first-order valence-electron chi connectivity index (χ1n) is 11.5. The monoisotopic (exact) mass is 467 g/mol. The van der Waals surface area contributed by atoms with Crippen LogP contribution in [-0.4, -0.2) is 55.8 Å². The van der Waals surface area contributed by atoms with Gasteiger partial charge in [-0.25, -0.2) is 8.42 Å². The zero-order valence-electron chi connectivity index (χ0n) is 18.7. The van der Waals surface area contributed by atoms with Crippen LogP contribution >= 0.6 is 0 Å². The van der Waals surface area contributed by atoms with Gasteiger partial charge in [-0.05, 0) is 61.9 Å². The third kappa shape index (κ3) is 5.55. The minimum absolute atomic E-state index is 0.0200. The molecule has 0 atom stereocenters. The van der Waals surface area contributed by atoms with E-state index in [9.17, 15) is 18.5 Å². The Labute approximate surface area is 195 Å². The Kier molecular flexibility index (Phi) is 7.31. The van der Waals surface area contributed by atoms with Gasteiger partial charge in [-0.15, -0.1) is 0 Å². The highest BCUT2D eigenvalue weighted by Crippen LogP contribution is 2.25. The molecule has 1 heterocycles. The number of rotatable bonds is 7. The first kappa shape index (κ1) is 23.3. The molecule has 0 N–H and O–H groups in total.